The fourth-order valence-corrected chi connectivity index (χ4v) is 2.39. The van der Waals surface area contributed by atoms with Gasteiger partial charge in [-0.05, 0) is 50.1 Å². The van der Waals surface area contributed by atoms with Gasteiger partial charge >= 0.3 is 0 Å². The average Bonchev–Trinajstić information content (AvgIpc) is 3.22. The van der Waals surface area contributed by atoms with E-state index in [9.17, 15) is 4.79 Å². The molecule has 6 heteroatoms. The predicted octanol–water partition coefficient (Wildman–Crippen LogP) is 4.28. The zero-order valence-corrected chi connectivity index (χ0v) is 14.5. The van der Waals surface area contributed by atoms with Crippen molar-refractivity contribution in [1.29, 1.82) is 0 Å². The normalized spacial score (nSPS) is 10.7. The first-order valence-electron chi connectivity index (χ1n) is 8.11. The summed E-state index contributed by atoms with van der Waals surface area (Å²) in [7, 11) is 0. The Hall–Kier alpha value is -3.02. The van der Waals surface area contributed by atoms with Gasteiger partial charge in [-0.3, -0.25) is 4.79 Å². The molecule has 0 aliphatic rings. The van der Waals surface area contributed by atoms with E-state index in [0.29, 0.717) is 22.9 Å². The third kappa shape index (κ3) is 3.91. The van der Waals surface area contributed by atoms with Gasteiger partial charge in [-0.1, -0.05) is 24.2 Å². The van der Waals surface area contributed by atoms with E-state index in [0.717, 1.165) is 12.2 Å². The second kappa shape index (κ2) is 7.25. The van der Waals surface area contributed by atoms with Gasteiger partial charge in [-0.2, -0.15) is 0 Å². The van der Waals surface area contributed by atoms with Crippen molar-refractivity contribution in [3.8, 4) is 5.75 Å². The molecule has 3 rings (SSSR count). The highest BCUT2D eigenvalue weighted by atomic mass is 16.5. The Labute approximate surface area is 145 Å². The molecule has 0 atom stereocenters. The molecule has 2 aromatic heterocycles. The van der Waals surface area contributed by atoms with Crippen LogP contribution in [0, 0.1) is 13.8 Å². The molecule has 0 unspecified atom stereocenters. The highest BCUT2D eigenvalue weighted by molar-refractivity contribution is 6.02. The highest BCUT2D eigenvalue weighted by Crippen LogP contribution is 2.21. The van der Waals surface area contributed by atoms with Crippen LogP contribution < -0.4 is 10.1 Å². The molecule has 0 saturated carbocycles. The Morgan fingerprint density at radius 2 is 1.92 bits per heavy atom. The molecular weight excluding hydrogens is 320 g/mol. The molecule has 1 N–H and O–H groups in total. The standard InChI is InChI=1S/C19H20N2O4/c1-4-14-5-7-15(8-6-14)23-11-16-9-10-17(24-16)19(22)20-18-12(2)21-25-13(18)3/h5-10H,4,11H2,1-3H3,(H,20,22). The minimum atomic E-state index is -0.354. The minimum Gasteiger partial charge on any atom is -0.486 e. The number of aryl methyl sites for hydroxylation is 3. The van der Waals surface area contributed by atoms with Crippen molar-refractivity contribution in [3.63, 3.8) is 0 Å². The van der Waals surface area contributed by atoms with Gasteiger partial charge in [-0.15, -0.1) is 0 Å². The summed E-state index contributed by atoms with van der Waals surface area (Å²) in [5.41, 5.74) is 2.44. The average molecular weight is 340 g/mol. The summed E-state index contributed by atoms with van der Waals surface area (Å²) in [5.74, 6) is 1.74. The number of nitrogens with one attached hydrogen (secondary N) is 1. The van der Waals surface area contributed by atoms with Crippen molar-refractivity contribution in [2.75, 3.05) is 5.32 Å². The Bertz CT molecular complexity index is 842. The van der Waals surface area contributed by atoms with E-state index in [4.69, 9.17) is 13.7 Å². The van der Waals surface area contributed by atoms with Crippen LogP contribution in [-0.4, -0.2) is 11.1 Å². The number of benzene rings is 1. The number of anilines is 1. The van der Waals surface area contributed by atoms with Gasteiger partial charge < -0.3 is 19.0 Å². The monoisotopic (exact) mass is 340 g/mol. The van der Waals surface area contributed by atoms with E-state index in [2.05, 4.69) is 17.4 Å². The largest absolute Gasteiger partial charge is 0.486 e. The van der Waals surface area contributed by atoms with Crippen molar-refractivity contribution in [3.05, 3.63) is 64.9 Å². The SMILES string of the molecule is CCc1ccc(OCc2ccc(C(=O)Nc3c(C)noc3C)o2)cc1. The van der Waals surface area contributed by atoms with Crippen LogP contribution in [0.2, 0.25) is 0 Å². The number of furan rings is 1. The lowest BCUT2D eigenvalue weighted by Gasteiger charge is -2.05. The number of ether oxygens (including phenoxy) is 1. The molecule has 1 aromatic carbocycles. The zero-order chi connectivity index (χ0) is 17.8. The molecule has 6 nitrogen and oxygen atoms in total. The molecule has 0 spiro atoms. The van der Waals surface area contributed by atoms with Crippen LogP contribution in [0.3, 0.4) is 0 Å². The van der Waals surface area contributed by atoms with Gasteiger partial charge in [0.2, 0.25) is 0 Å². The van der Waals surface area contributed by atoms with Crippen LogP contribution in [0.25, 0.3) is 0 Å². The van der Waals surface area contributed by atoms with Gasteiger partial charge in [0.25, 0.3) is 5.91 Å². The van der Waals surface area contributed by atoms with Crippen molar-refractivity contribution >= 4 is 11.6 Å². The zero-order valence-electron chi connectivity index (χ0n) is 14.5. The lowest BCUT2D eigenvalue weighted by molar-refractivity contribution is 0.0992. The first kappa shape index (κ1) is 16.8. The number of aromatic nitrogens is 1. The van der Waals surface area contributed by atoms with E-state index in [-0.39, 0.29) is 18.3 Å². The van der Waals surface area contributed by atoms with Crippen LogP contribution in [0.1, 0.15) is 40.3 Å². The van der Waals surface area contributed by atoms with E-state index >= 15 is 0 Å². The minimum absolute atomic E-state index is 0.208. The summed E-state index contributed by atoms with van der Waals surface area (Å²) in [6, 6.07) is 11.2. The quantitative estimate of drug-likeness (QED) is 0.725. The number of carbonyl (C=O) groups excluding carboxylic acids is 1. The first-order chi connectivity index (χ1) is 12.1. The predicted molar refractivity (Wildman–Crippen MR) is 92.8 cm³/mol. The Balaban J connectivity index is 1.60. The summed E-state index contributed by atoms with van der Waals surface area (Å²) < 4.78 is 16.3. The molecule has 0 radical (unpaired) electrons. The van der Waals surface area contributed by atoms with Gasteiger partial charge in [0.1, 0.15) is 29.5 Å². The van der Waals surface area contributed by atoms with Crippen LogP contribution in [0.5, 0.6) is 5.75 Å². The van der Waals surface area contributed by atoms with Crippen LogP contribution >= 0.6 is 0 Å². The lowest BCUT2D eigenvalue weighted by Crippen LogP contribution is -2.12. The number of nitrogens with zero attached hydrogens (tertiary/aromatic N) is 1. The Morgan fingerprint density at radius 1 is 1.16 bits per heavy atom. The third-order valence-corrected chi connectivity index (χ3v) is 3.87. The molecule has 0 aliphatic carbocycles. The lowest BCUT2D eigenvalue weighted by atomic mass is 10.2. The summed E-state index contributed by atoms with van der Waals surface area (Å²) in [5, 5.41) is 6.55. The summed E-state index contributed by atoms with van der Waals surface area (Å²) >= 11 is 0. The highest BCUT2D eigenvalue weighted by Gasteiger charge is 2.16. The molecular formula is C19H20N2O4. The molecule has 0 bridgehead atoms. The Kier molecular flexibility index (Phi) is 4.88. The van der Waals surface area contributed by atoms with E-state index in [1.807, 2.05) is 24.3 Å². The van der Waals surface area contributed by atoms with Crippen molar-refractivity contribution in [2.24, 2.45) is 0 Å². The van der Waals surface area contributed by atoms with Crippen molar-refractivity contribution in [1.82, 2.24) is 5.16 Å². The fraction of sp³-hybridized carbons (Fsp3) is 0.263. The number of carbonyl (C=O) groups is 1. The van der Waals surface area contributed by atoms with Gasteiger partial charge in [-0.25, -0.2) is 0 Å². The van der Waals surface area contributed by atoms with E-state index in [1.54, 1.807) is 26.0 Å². The molecule has 3 aromatic rings. The second-order valence-electron chi connectivity index (χ2n) is 5.71. The van der Waals surface area contributed by atoms with Crippen molar-refractivity contribution in [2.45, 2.75) is 33.8 Å². The molecule has 2 heterocycles. The van der Waals surface area contributed by atoms with E-state index in [1.165, 1.54) is 5.56 Å². The smallest absolute Gasteiger partial charge is 0.291 e. The molecule has 0 saturated heterocycles. The third-order valence-electron chi connectivity index (χ3n) is 3.87. The first-order valence-corrected chi connectivity index (χ1v) is 8.11. The maximum absolute atomic E-state index is 12.3. The van der Waals surface area contributed by atoms with Gasteiger partial charge in [0, 0.05) is 0 Å². The second-order valence-corrected chi connectivity index (χ2v) is 5.71. The maximum atomic E-state index is 12.3. The van der Waals surface area contributed by atoms with Gasteiger partial charge in [0.05, 0.1) is 0 Å². The summed E-state index contributed by atoms with van der Waals surface area (Å²) in [4.78, 5) is 12.3. The van der Waals surface area contributed by atoms with E-state index < -0.39 is 0 Å². The van der Waals surface area contributed by atoms with Gasteiger partial charge in [0.15, 0.2) is 11.5 Å². The number of rotatable bonds is 6. The maximum Gasteiger partial charge on any atom is 0.291 e. The number of hydrogen-bond donors (Lipinski definition) is 1. The van der Waals surface area contributed by atoms with Crippen molar-refractivity contribution < 1.29 is 18.5 Å². The van der Waals surface area contributed by atoms with Crippen LogP contribution in [-0.2, 0) is 13.0 Å². The number of amides is 1. The fourth-order valence-electron chi connectivity index (χ4n) is 2.39. The molecule has 25 heavy (non-hydrogen) atoms. The topological polar surface area (TPSA) is 77.5 Å². The molecule has 130 valence electrons. The molecule has 0 aliphatic heterocycles. The summed E-state index contributed by atoms with van der Waals surface area (Å²) in [6.45, 7) is 5.86. The Morgan fingerprint density at radius 3 is 2.56 bits per heavy atom. The van der Waals surface area contributed by atoms with Crippen LogP contribution in [0.15, 0.2) is 45.3 Å². The molecule has 1 amide bonds. The van der Waals surface area contributed by atoms with Crippen LogP contribution in [0.4, 0.5) is 5.69 Å². The number of hydrogen-bond acceptors (Lipinski definition) is 5. The molecule has 0 fully saturated rings. The summed E-state index contributed by atoms with van der Waals surface area (Å²) in [6.07, 6.45) is 0.988.